The Hall–Kier alpha value is -1.00. The second-order valence-corrected chi connectivity index (χ2v) is 4.38. The lowest BCUT2D eigenvalue weighted by molar-refractivity contribution is -0.119. The molecule has 0 spiro atoms. The summed E-state index contributed by atoms with van der Waals surface area (Å²) in [6.07, 6.45) is 2.04. The van der Waals surface area contributed by atoms with Crippen molar-refractivity contribution in [1.29, 1.82) is 0 Å². The molecule has 1 atom stereocenters. The summed E-state index contributed by atoms with van der Waals surface area (Å²) in [5.74, 6) is 0.361. The van der Waals surface area contributed by atoms with E-state index in [-0.39, 0.29) is 5.91 Å². The number of hydrogen-bond donors (Lipinski definition) is 2. The van der Waals surface area contributed by atoms with Gasteiger partial charge in [0.1, 0.15) is 0 Å². The number of hydrogen-bond acceptors (Lipinski definition) is 3. The fourth-order valence-corrected chi connectivity index (χ4v) is 2.20. The van der Waals surface area contributed by atoms with Gasteiger partial charge in [0.05, 0.1) is 6.04 Å². The maximum Gasteiger partial charge on any atom is 0.244 e. The van der Waals surface area contributed by atoms with Gasteiger partial charge in [-0.1, -0.05) is 18.2 Å². The topological polar surface area (TPSA) is 46.3 Å². The number of aryl methyl sites for hydroxylation is 1. The molecule has 86 valence electrons. The van der Waals surface area contributed by atoms with Crippen LogP contribution in [-0.4, -0.2) is 24.2 Å². The molecule has 0 fully saturated rings. The number of rotatable bonds is 2. The van der Waals surface area contributed by atoms with Gasteiger partial charge in [-0.2, -0.15) is 12.6 Å². The van der Waals surface area contributed by atoms with E-state index in [1.165, 1.54) is 5.56 Å². The molecular weight excluding hydrogens is 220 g/mol. The third kappa shape index (κ3) is 2.08. The molecule has 4 heteroatoms. The average Bonchev–Trinajstić information content (AvgIpc) is 2.36. The summed E-state index contributed by atoms with van der Waals surface area (Å²) in [7, 11) is 0. The van der Waals surface area contributed by atoms with Crippen molar-refractivity contribution in [3.63, 3.8) is 0 Å². The molecule has 0 aliphatic carbocycles. The molecule has 1 aromatic rings. The molecule has 1 unspecified atom stereocenters. The first-order chi connectivity index (χ1) is 7.74. The quantitative estimate of drug-likeness (QED) is 0.759. The monoisotopic (exact) mass is 236 g/mol. The van der Waals surface area contributed by atoms with Gasteiger partial charge in [-0.25, -0.2) is 0 Å². The minimum Gasteiger partial charge on any atom is -0.319 e. The van der Waals surface area contributed by atoms with Crippen molar-refractivity contribution in [3.8, 4) is 0 Å². The van der Waals surface area contributed by atoms with Crippen LogP contribution in [0.15, 0.2) is 24.3 Å². The summed E-state index contributed by atoms with van der Waals surface area (Å²) in [5, 5.41) is 0. The van der Waals surface area contributed by atoms with Crippen molar-refractivity contribution in [2.75, 3.05) is 17.2 Å². The summed E-state index contributed by atoms with van der Waals surface area (Å²) in [6, 6.07) is 7.51. The van der Waals surface area contributed by atoms with Gasteiger partial charge in [0.2, 0.25) is 5.91 Å². The van der Waals surface area contributed by atoms with E-state index in [1.807, 2.05) is 18.2 Å². The molecule has 1 amide bonds. The Kier molecular flexibility index (Phi) is 3.51. The average molecular weight is 236 g/mol. The third-order valence-electron chi connectivity index (χ3n) is 2.89. The zero-order valence-electron chi connectivity index (χ0n) is 9.10. The van der Waals surface area contributed by atoms with E-state index in [4.69, 9.17) is 5.73 Å². The van der Waals surface area contributed by atoms with Crippen molar-refractivity contribution in [1.82, 2.24) is 0 Å². The summed E-state index contributed by atoms with van der Waals surface area (Å²) in [5.41, 5.74) is 7.98. The number of carbonyl (C=O) groups excluding carboxylic acids is 1. The van der Waals surface area contributed by atoms with Crippen LogP contribution in [-0.2, 0) is 11.2 Å². The molecule has 0 aromatic heterocycles. The van der Waals surface area contributed by atoms with Crippen molar-refractivity contribution < 1.29 is 4.79 Å². The molecule has 16 heavy (non-hydrogen) atoms. The van der Waals surface area contributed by atoms with Crippen LogP contribution in [0.2, 0.25) is 0 Å². The van der Waals surface area contributed by atoms with Crippen LogP contribution in [0.25, 0.3) is 0 Å². The van der Waals surface area contributed by atoms with Crippen LogP contribution >= 0.6 is 12.6 Å². The maximum absolute atomic E-state index is 12.0. The third-order valence-corrected chi connectivity index (χ3v) is 3.28. The highest BCUT2D eigenvalue weighted by Crippen LogP contribution is 2.26. The van der Waals surface area contributed by atoms with Crippen LogP contribution in [0, 0.1) is 0 Å². The van der Waals surface area contributed by atoms with Gasteiger partial charge in [0.15, 0.2) is 0 Å². The first-order valence-corrected chi connectivity index (χ1v) is 6.13. The van der Waals surface area contributed by atoms with E-state index in [2.05, 4.69) is 18.7 Å². The molecular formula is C12H16N2OS. The number of amides is 1. The second kappa shape index (κ2) is 4.89. The normalized spacial score (nSPS) is 16.8. The first-order valence-electron chi connectivity index (χ1n) is 5.49. The van der Waals surface area contributed by atoms with E-state index < -0.39 is 6.04 Å². The summed E-state index contributed by atoms with van der Waals surface area (Å²) >= 11 is 4.07. The molecule has 1 aromatic carbocycles. The number of para-hydroxylation sites is 1. The largest absolute Gasteiger partial charge is 0.319 e. The molecule has 2 rings (SSSR count). The predicted octanol–water partition coefficient (Wildman–Crippen LogP) is 1.22. The zero-order valence-corrected chi connectivity index (χ0v) is 9.99. The fourth-order valence-electron chi connectivity index (χ4n) is 2.04. The Morgan fingerprint density at radius 1 is 1.50 bits per heavy atom. The van der Waals surface area contributed by atoms with E-state index >= 15 is 0 Å². The van der Waals surface area contributed by atoms with Gasteiger partial charge < -0.3 is 10.6 Å². The Morgan fingerprint density at radius 2 is 2.25 bits per heavy atom. The SMILES string of the molecule is NC(CS)C(=O)N1CCCc2ccccc21. The number of carbonyl (C=O) groups is 1. The van der Waals surface area contributed by atoms with Gasteiger partial charge in [-0.05, 0) is 24.5 Å². The lowest BCUT2D eigenvalue weighted by Gasteiger charge is -2.31. The van der Waals surface area contributed by atoms with E-state index in [0.29, 0.717) is 5.75 Å². The standard InChI is InChI=1S/C12H16N2OS/c13-10(8-16)12(15)14-7-3-5-9-4-1-2-6-11(9)14/h1-2,4,6,10,16H,3,5,7-8,13H2. The molecule has 2 N–H and O–H groups in total. The lowest BCUT2D eigenvalue weighted by atomic mass is 10.0. The fraction of sp³-hybridized carbons (Fsp3) is 0.417. The first kappa shape index (κ1) is 11.5. The summed E-state index contributed by atoms with van der Waals surface area (Å²) in [4.78, 5) is 13.8. The second-order valence-electron chi connectivity index (χ2n) is 4.01. The van der Waals surface area contributed by atoms with E-state index in [1.54, 1.807) is 4.90 Å². The van der Waals surface area contributed by atoms with Gasteiger partial charge >= 0.3 is 0 Å². The van der Waals surface area contributed by atoms with Crippen LogP contribution in [0.1, 0.15) is 12.0 Å². The van der Waals surface area contributed by atoms with E-state index in [0.717, 1.165) is 25.1 Å². The molecule has 0 saturated carbocycles. The minimum atomic E-state index is -0.505. The predicted molar refractivity (Wildman–Crippen MR) is 68.9 cm³/mol. The number of nitrogens with zero attached hydrogens (tertiary/aromatic N) is 1. The highest BCUT2D eigenvalue weighted by atomic mass is 32.1. The highest BCUT2D eigenvalue weighted by Gasteiger charge is 2.25. The number of nitrogens with two attached hydrogens (primary N) is 1. The minimum absolute atomic E-state index is 0.0258. The van der Waals surface area contributed by atoms with Crippen molar-refractivity contribution in [2.45, 2.75) is 18.9 Å². The number of anilines is 1. The Bertz CT molecular complexity index is 394. The lowest BCUT2D eigenvalue weighted by Crippen LogP contribution is -2.47. The maximum atomic E-state index is 12.0. The van der Waals surface area contributed by atoms with Gasteiger partial charge in [-0.15, -0.1) is 0 Å². The zero-order chi connectivity index (χ0) is 11.5. The Labute approximate surface area is 101 Å². The molecule has 0 saturated heterocycles. The van der Waals surface area contributed by atoms with Crippen molar-refractivity contribution in [3.05, 3.63) is 29.8 Å². The van der Waals surface area contributed by atoms with Gasteiger partial charge in [-0.3, -0.25) is 4.79 Å². The Balaban J connectivity index is 2.28. The van der Waals surface area contributed by atoms with Gasteiger partial charge in [0, 0.05) is 18.0 Å². The molecule has 0 radical (unpaired) electrons. The molecule has 0 bridgehead atoms. The number of fused-ring (bicyclic) bond motifs is 1. The molecule has 1 heterocycles. The van der Waals surface area contributed by atoms with Crippen molar-refractivity contribution >= 4 is 24.2 Å². The van der Waals surface area contributed by atoms with Crippen LogP contribution in [0.4, 0.5) is 5.69 Å². The Morgan fingerprint density at radius 3 is 3.00 bits per heavy atom. The van der Waals surface area contributed by atoms with Crippen molar-refractivity contribution in [2.24, 2.45) is 5.73 Å². The summed E-state index contributed by atoms with van der Waals surface area (Å²) in [6.45, 7) is 0.761. The summed E-state index contributed by atoms with van der Waals surface area (Å²) < 4.78 is 0. The van der Waals surface area contributed by atoms with E-state index in [9.17, 15) is 4.79 Å². The molecule has 3 nitrogen and oxygen atoms in total. The highest BCUT2D eigenvalue weighted by molar-refractivity contribution is 7.80. The number of benzene rings is 1. The van der Waals surface area contributed by atoms with Crippen LogP contribution in [0.5, 0.6) is 0 Å². The van der Waals surface area contributed by atoms with Crippen LogP contribution in [0.3, 0.4) is 0 Å². The smallest absolute Gasteiger partial charge is 0.244 e. The molecule has 1 aliphatic heterocycles. The van der Waals surface area contributed by atoms with Gasteiger partial charge in [0.25, 0.3) is 0 Å². The number of thiol groups is 1. The molecule has 1 aliphatic rings. The van der Waals surface area contributed by atoms with Crippen LogP contribution < -0.4 is 10.6 Å².